The molecule has 0 bridgehead atoms. The van der Waals surface area contributed by atoms with Crippen molar-refractivity contribution in [3.8, 4) is 0 Å². The summed E-state index contributed by atoms with van der Waals surface area (Å²) in [6, 6.07) is 4.39. The molecule has 1 saturated carbocycles. The van der Waals surface area contributed by atoms with Crippen LogP contribution in [0.15, 0.2) is 17.5 Å². The lowest BCUT2D eigenvalue weighted by Crippen LogP contribution is -2.44. The van der Waals surface area contributed by atoms with E-state index in [1.807, 2.05) is 0 Å². The summed E-state index contributed by atoms with van der Waals surface area (Å²) in [4.78, 5) is 13.6. The van der Waals surface area contributed by atoms with Gasteiger partial charge in [-0.3, -0.25) is 4.79 Å². The highest BCUT2D eigenvalue weighted by Gasteiger charge is 2.27. The minimum absolute atomic E-state index is 0.00767. The smallest absolute Gasteiger partial charge is 0.224 e. The number of carbonyl (C=O) groups is 1. The van der Waals surface area contributed by atoms with E-state index in [0.717, 1.165) is 32.1 Å². The van der Waals surface area contributed by atoms with Crippen molar-refractivity contribution in [2.75, 3.05) is 0 Å². The van der Waals surface area contributed by atoms with Gasteiger partial charge in [0.25, 0.3) is 0 Å². The number of rotatable bonds is 4. The maximum Gasteiger partial charge on any atom is 0.224 e. The van der Waals surface area contributed by atoms with Crippen LogP contribution in [-0.4, -0.2) is 18.0 Å². The predicted octanol–water partition coefficient (Wildman–Crippen LogP) is 2.70. The molecule has 1 aromatic heterocycles. The van der Waals surface area contributed by atoms with Crippen molar-refractivity contribution in [1.82, 2.24) is 5.32 Å². The molecule has 3 unspecified atom stereocenters. The largest absolute Gasteiger partial charge is 0.353 e. The van der Waals surface area contributed by atoms with Gasteiger partial charge in [0.05, 0.1) is 5.92 Å². The molecule has 1 fully saturated rings. The van der Waals surface area contributed by atoms with E-state index < -0.39 is 0 Å². The topological polar surface area (TPSA) is 55.1 Å². The summed E-state index contributed by atoms with van der Waals surface area (Å²) in [6.45, 7) is 2.07. The third kappa shape index (κ3) is 4.32. The van der Waals surface area contributed by atoms with Gasteiger partial charge in [0, 0.05) is 23.4 Å². The fourth-order valence-corrected chi connectivity index (χ4v) is 3.63. The number of hydrogen-bond acceptors (Lipinski definition) is 3. The molecule has 1 amide bonds. The first-order valence-corrected chi connectivity index (χ1v) is 8.13. The maximum absolute atomic E-state index is 12.3. The SMILES string of the molecule is CC(Cc1cccs1)NC(=O)C1CCCCCC1N. The zero-order valence-electron chi connectivity index (χ0n) is 11.6. The van der Waals surface area contributed by atoms with Gasteiger partial charge in [-0.15, -0.1) is 11.3 Å². The zero-order chi connectivity index (χ0) is 13.7. The predicted molar refractivity (Wildman–Crippen MR) is 80.2 cm³/mol. The Morgan fingerprint density at radius 2 is 2.26 bits per heavy atom. The molecule has 3 N–H and O–H groups in total. The fourth-order valence-electron chi connectivity index (χ4n) is 2.79. The zero-order valence-corrected chi connectivity index (χ0v) is 12.4. The summed E-state index contributed by atoms with van der Waals surface area (Å²) < 4.78 is 0. The van der Waals surface area contributed by atoms with Crippen LogP contribution >= 0.6 is 11.3 Å². The van der Waals surface area contributed by atoms with Crippen LogP contribution in [0.3, 0.4) is 0 Å². The van der Waals surface area contributed by atoms with E-state index in [-0.39, 0.29) is 23.9 Å². The molecule has 19 heavy (non-hydrogen) atoms. The van der Waals surface area contributed by atoms with Crippen molar-refractivity contribution in [3.05, 3.63) is 22.4 Å². The lowest BCUT2D eigenvalue weighted by atomic mass is 9.94. The molecule has 4 heteroatoms. The van der Waals surface area contributed by atoms with Gasteiger partial charge in [0.1, 0.15) is 0 Å². The maximum atomic E-state index is 12.3. The average molecular weight is 280 g/mol. The Balaban J connectivity index is 1.85. The molecule has 0 aromatic carbocycles. The van der Waals surface area contributed by atoms with Gasteiger partial charge >= 0.3 is 0 Å². The Morgan fingerprint density at radius 1 is 1.47 bits per heavy atom. The minimum Gasteiger partial charge on any atom is -0.353 e. The molecule has 0 spiro atoms. The molecule has 0 saturated heterocycles. The second-order valence-electron chi connectivity index (χ2n) is 5.60. The first kappa shape index (κ1) is 14.5. The van der Waals surface area contributed by atoms with Crippen LogP contribution in [-0.2, 0) is 11.2 Å². The van der Waals surface area contributed by atoms with Crippen LogP contribution in [0.2, 0.25) is 0 Å². The first-order chi connectivity index (χ1) is 9.16. The lowest BCUT2D eigenvalue weighted by molar-refractivity contribution is -0.126. The number of thiophene rings is 1. The van der Waals surface area contributed by atoms with Crippen molar-refractivity contribution in [1.29, 1.82) is 0 Å². The van der Waals surface area contributed by atoms with Gasteiger partial charge < -0.3 is 11.1 Å². The highest BCUT2D eigenvalue weighted by atomic mass is 32.1. The number of amides is 1. The summed E-state index contributed by atoms with van der Waals surface area (Å²) in [6.07, 6.45) is 6.34. The van der Waals surface area contributed by atoms with Crippen LogP contribution in [0.5, 0.6) is 0 Å². The molecule has 1 aromatic rings. The Bertz CT molecular complexity index is 391. The molecule has 1 heterocycles. The Kier molecular flexibility index (Phi) is 5.40. The van der Waals surface area contributed by atoms with Gasteiger partial charge in [-0.25, -0.2) is 0 Å². The van der Waals surface area contributed by atoms with Gasteiger partial charge in [0.2, 0.25) is 5.91 Å². The van der Waals surface area contributed by atoms with Crippen molar-refractivity contribution in [2.24, 2.45) is 11.7 Å². The molecule has 1 aliphatic rings. The normalized spacial score (nSPS) is 25.6. The van der Waals surface area contributed by atoms with Crippen molar-refractivity contribution < 1.29 is 4.79 Å². The van der Waals surface area contributed by atoms with Gasteiger partial charge in [0.15, 0.2) is 0 Å². The standard InChI is InChI=1S/C15H24N2OS/c1-11(10-12-6-5-9-19-12)17-15(18)13-7-3-2-4-8-14(13)16/h5-6,9,11,13-14H,2-4,7-8,10,16H2,1H3,(H,17,18). The van der Waals surface area contributed by atoms with E-state index in [9.17, 15) is 4.79 Å². The molecule has 3 nitrogen and oxygen atoms in total. The van der Waals surface area contributed by atoms with Crippen molar-refractivity contribution in [2.45, 2.75) is 57.5 Å². The molecule has 0 radical (unpaired) electrons. The summed E-state index contributed by atoms with van der Waals surface area (Å²) in [5.74, 6) is 0.159. The third-order valence-corrected chi connectivity index (χ3v) is 4.78. The second kappa shape index (κ2) is 7.06. The number of carbonyl (C=O) groups excluding carboxylic acids is 1. The van der Waals surface area contributed by atoms with E-state index in [1.54, 1.807) is 11.3 Å². The minimum atomic E-state index is 0.00767. The summed E-state index contributed by atoms with van der Waals surface area (Å²) in [7, 11) is 0. The van der Waals surface area contributed by atoms with Crippen LogP contribution in [0.4, 0.5) is 0 Å². The van der Waals surface area contributed by atoms with Crippen molar-refractivity contribution in [3.63, 3.8) is 0 Å². The third-order valence-electron chi connectivity index (χ3n) is 3.88. The first-order valence-electron chi connectivity index (χ1n) is 7.25. The van der Waals surface area contributed by atoms with E-state index in [4.69, 9.17) is 5.73 Å². The summed E-state index contributed by atoms with van der Waals surface area (Å²) in [5.41, 5.74) is 6.13. The summed E-state index contributed by atoms with van der Waals surface area (Å²) >= 11 is 1.74. The molecule has 0 aliphatic heterocycles. The van der Waals surface area contributed by atoms with E-state index >= 15 is 0 Å². The highest BCUT2D eigenvalue weighted by molar-refractivity contribution is 7.09. The molecule has 3 atom stereocenters. The Morgan fingerprint density at radius 3 is 3.00 bits per heavy atom. The van der Waals surface area contributed by atoms with Crippen molar-refractivity contribution >= 4 is 17.2 Å². The summed E-state index contributed by atoms with van der Waals surface area (Å²) in [5, 5.41) is 5.21. The average Bonchev–Trinajstić information content (AvgIpc) is 2.76. The molecule has 2 rings (SSSR count). The Hall–Kier alpha value is -0.870. The van der Waals surface area contributed by atoms with Crippen LogP contribution in [0.1, 0.15) is 43.9 Å². The molecular formula is C15H24N2OS. The Labute approximate surface area is 119 Å². The monoisotopic (exact) mass is 280 g/mol. The molecular weight excluding hydrogens is 256 g/mol. The number of nitrogens with one attached hydrogen (secondary N) is 1. The van der Waals surface area contributed by atoms with Crippen LogP contribution < -0.4 is 11.1 Å². The number of nitrogens with two attached hydrogens (primary N) is 1. The van der Waals surface area contributed by atoms with E-state index in [1.165, 1.54) is 11.3 Å². The van der Waals surface area contributed by atoms with E-state index in [2.05, 4.69) is 29.8 Å². The van der Waals surface area contributed by atoms with E-state index in [0.29, 0.717) is 0 Å². The molecule has 106 valence electrons. The quantitative estimate of drug-likeness (QED) is 0.833. The number of hydrogen-bond donors (Lipinski definition) is 2. The van der Waals surface area contributed by atoms with Crippen LogP contribution in [0.25, 0.3) is 0 Å². The van der Waals surface area contributed by atoms with Gasteiger partial charge in [-0.2, -0.15) is 0 Å². The van der Waals surface area contributed by atoms with Gasteiger partial charge in [-0.1, -0.05) is 25.3 Å². The fraction of sp³-hybridized carbons (Fsp3) is 0.667. The highest BCUT2D eigenvalue weighted by Crippen LogP contribution is 2.22. The second-order valence-corrected chi connectivity index (χ2v) is 6.63. The lowest BCUT2D eigenvalue weighted by Gasteiger charge is -2.23. The van der Waals surface area contributed by atoms with Gasteiger partial charge in [-0.05, 0) is 31.2 Å². The molecule has 1 aliphatic carbocycles. The van der Waals surface area contributed by atoms with Crippen LogP contribution in [0, 0.1) is 5.92 Å².